The zero-order valence-electron chi connectivity index (χ0n) is 10.9. The van der Waals surface area contributed by atoms with Crippen LogP contribution in [0.5, 0.6) is 0 Å². The SMILES string of the molecule is CCOC(=O)C1(c2nc(-c3ccccc3F)no2)CC1. The number of carbonyl (C=O) groups is 1. The zero-order valence-corrected chi connectivity index (χ0v) is 10.9. The number of halogens is 1. The summed E-state index contributed by atoms with van der Waals surface area (Å²) in [6.45, 7) is 2.04. The van der Waals surface area contributed by atoms with Gasteiger partial charge in [-0.3, -0.25) is 4.79 Å². The van der Waals surface area contributed by atoms with E-state index in [0.29, 0.717) is 19.4 Å². The van der Waals surface area contributed by atoms with Crippen LogP contribution < -0.4 is 0 Å². The first kappa shape index (κ1) is 12.8. The van der Waals surface area contributed by atoms with Crippen LogP contribution in [0.25, 0.3) is 11.4 Å². The van der Waals surface area contributed by atoms with Crippen molar-refractivity contribution in [2.75, 3.05) is 6.61 Å². The first-order chi connectivity index (χ1) is 9.67. The fourth-order valence-corrected chi connectivity index (χ4v) is 2.07. The molecule has 6 heteroatoms. The molecule has 5 nitrogen and oxygen atoms in total. The van der Waals surface area contributed by atoms with E-state index in [0.717, 1.165) is 0 Å². The molecule has 0 saturated heterocycles. The van der Waals surface area contributed by atoms with Crippen LogP contribution >= 0.6 is 0 Å². The lowest BCUT2D eigenvalue weighted by Crippen LogP contribution is -2.23. The average Bonchev–Trinajstić information content (AvgIpc) is 3.12. The minimum Gasteiger partial charge on any atom is -0.465 e. The van der Waals surface area contributed by atoms with Gasteiger partial charge in [-0.15, -0.1) is 0 Å². The number of benzene rings is 1. The van der Waals surface area contributed by atoms with Gasteiger partial charge in [0.25, 0.3) is 0 Å². The number of nitrogens with zero attached hydrogens (tertiary/aromatic N) is 2. The average molecular weight is 276 g/mol. The van der Waals surface area contributed by atoms with Crippen LogP contribution in [0.3, 0.4) is 0 Å². The van der Waals surface area contributed by atoms with Crippen molar-refractivity contribution in [2.24, 2.45) is 0 Å². The highest BCUT2D eigenvalue weighted by Gasteiger charge is 2.57. The lowest BCUT2D eigenvalue weighted by molar-refractivity contribution is -0.146. The van der Waals surface area contributed by atoms with E-state index in [1.165, 1.54) is 6.07 Å². The van der Waals surface area contributed by atoms with Gasteiger partial charge in [0.2, 0.25) is 11.7 Å². The van der Waals surface area contributed by atoms with Gasteiger partial charge in [0.05, 0.1) is 12.2 Å². The molecule has 0 N–H and O–H groups in total. The largest absolute Gasteiger partial charge is 0.465 e. The lowest BCUT2D eigenvalue weighted by Gasteiger charge is -2.08. The van der Waals surface area contributed by atoms with Crippen LogP contribution in [0.1, 0.15) is 25.7 Å². The van der Waals surface area contributed by atoms with Crippen molar-refractivity contribution >= 4 is 5.97 Å². The molecule has 1 aromatic carbocycles. The Labute approximate surface area is 114 Å². The van der Waals surface area contributed by atoms with Crippen LogP contribution in [0.4, 0.5) is 4.39 Å². The summed E-state index contributed by atoms with van der Waals surface area (Å²) in [5.74, 6) is -0.438. The summed E-state index contributed by atoms with van der Waals surface area (Å²) in [4.78, 5) is 16.1. The number of hydrogen-bond donors (Lipinski definition) is 0. The molecular formula is C14H13FN2O3. The number of carbonyl (C=O) groups excluding carboxylic acids is 1. The summed E-state index contributed by atoms with van der Waals surface area (Å²) >= 11 is 0. The van der Waals surface area contributed by atoms with Crippen LogP contribution in [0.15, 0.2) is 28.8 Å². The third-order valence-electron chi connectivity index (χ3n) is 3.37. The minimum atomic E-state index is -0.827. The number of rotatable bonds is 4. The highest BCUT2D eigenvalue weighted by Crippen LogP contribution is 2.48. The smallest absolute Gasteiger partial charge is 0.321 e. The first-order valence-corrected chi connectivity index (χ1v) is 6.43. The van der Waals surface area contributed by atoms with Crippen LogP contribution in [0.2, 0.25) is 0 Å². The van der Waals surface area contributed by atoms with Gasteiger partial charge in [-0.1, -0.05) is 17.3 Å². The molecule has 2 aromatic rings. The summed E-state index contributed by atoms with van der Waals surface area (Å²) in [7, 11) is 0. The van der Waals surface area contributed by atoms with Gasteiger partial charge in [0.1, 0.15) is 11.2 Å². The van der Waals surface area contributed by atoms with E-state index in [-0.39, 0.29) is 23.2 Å². The van der Waals surface area contributed by atoms with Gasteiger partial charge in [0, 0.05) is 0 Å². The van der Waals surface area contributed by atoms with E-state index in [1.54, 1.807) is 25.1 Å². The maximum absolute atomic E-state index is 13.7. The molecule has 0 aliphatic heterocycles. The molecule has 0 bridgehead atoms. The highest BCUT2D eigenvalue weighted by molar-refractivity contribution is 5.85. The molecule has 0 amide bonds. The Bertz CT molecular complexity index is 649. The van der Waals surface area contributed by atoms with Crippen molar-refractivity contribution in [3.8, 4) is 11.4 Å². The molecule has 1 heterocycles. The van der Waals surface area contributed by atoms with Gasteiger partial charge in [-0.2, -0.15) is 4.98 Å². The van der Waals surface area contributed by atoms with Crippen molar-refractivity contribution in [1.29, 1.82) is 0 Å². The highest BCUT2D eigenvalue weighted by atomic mass is 19.1. The summed E-state index contributed by atoms with van der Waals surface area (Å²) in [5, 5.41) is 3.76. The molecule has 1 aliphatic carbocycles. The Kier molecular flexibility index (Phi) is 3.00. The Balaban J connectivity index is 1.92. The third kappa shape index (κ3) is 1.97. The maximum atomic E-state index is 13.7. The molecule has 1 saturated carbocycles. The van der Waals surface area contributed by atoms with Gasteiger partial charge in [-0.25, -0.2) is 4.39 Å². The predicted molar refractivity (Wildman–Crippen MR) is 67.2 cm³/mol. The second-order valence-corrected chi connectivity index (χ2v) is 4.71. The van der Waals surface area contributed by atoms with Crippen LogP contribution in [0, 0.1) is 5.82 Å². The molecule has 20 heavy (non-hydrogen) atoms. The lowest BCUT2D eigenvalue weighted by atomic mass is 10.1. The molecule has 104 valence electrons. The van der Waals surface area contributed by atoms with Crippen molar-refractivity contribution in [3.63, 3.8) is 0 Å². The van der Waals surface area contributed by atoms with Gasteiger partial charge in [-0.05, 0) is 31.9 Å². The molecule has 0 spiro atoms. The number of hydrogen-bond acceptors (Lipinski definition) is 5. The summed E-state index contributed by atoms with van der Waals surface area (Å²) in [6, 6.07) is 6.16. The van der Waals surface area contributed by atoms with Crippen molar-refractivity contribution in [1.82, 2.24) is 10.1 Å². The maximum Gasteiger partial charge on any atom is 0.321 e. The van der Waals surface area contributed by atoms with E-state index in [2.05, 4.69) is 10.1 Å². The summed E-state index contributed by atoms with van der Waals surface area (Å²) < 4.78 is 23.8. The van der Waals surface area contributed by atoms with Crippen molar-refractivity contribution in [2.45, 2.75) is 25.2 Å². The Morgan fingerprint density at radius 2 is 2.20 bits per heavy atom. The van der Waals surface area contributed by atoms with Crippen molar-refractivity contribution in [3.05, 3.63) is 36.0 Å². The van der Waals surface area contributed by atoms with E-state index in [4.69, 9.17) is 9.26 Å². The van der Waals surface area contributed by atoms with Crippen molar-refractivity contribution < 1.29 is 18.4 Å². The minimum absolute atomic E-state index is 0.147. The van der Waals surface area contributed by atoms with E-state index in [9.17, 15) is 9.18 Å². The second kappa shape index (κ2) is 4.70. The molecular weight excluding hydrogens is 263 g/mol. The molecule has 1 aliphatic rings. The van der Waals surface area contributed by atoms with E-state index < -0.39 is 11.2 Å². The third-order valence-corrected chi connectivity index (χ3v) is 3.37. The molecule has 0 atom stereocenters. The topological polar surface area (TPSA) is 65.2 Å². The molecule has 1 aromatic heterocycles. The second-order valence-electron chi connectivity index (χ2n) is 4.71. The number of esters is 1. The van der Waals surface area contributed by atoms with E-state index >= 15 is 0 Å². The van der Waals surface area contributed by atoms with Gasteiger partial charge >= 0.3 is 5.97 Å². The summed E-state index contributed by atoms with van der Waals surface area (Å²) in [5.41, 5.74) is -0.575. The van der Waals surface area contributed by atoms with E-state index in [1.807, 2.05) is 0 Å². The monoisotopic (exact) mass is 276 g/mol. The van der Waals surface area contributed by atoms with Gasteiger partial charge in [0.15, 0.2) is 0 Å². The quantitative estimate of drug-likeness (QED) is 0.802. The normalized spacial score (nSPS) is 15.9. The van der Waals surface area contributed by atoms with Crippen LogP contribution in [-0.4, -0.2) is 22.7 Å². The summed E-state index contributed by atoms with van der Waals surface area (Å²) in [6.07, 6.45) is 1.23. The molecule has 0 unspecified atom stereocenters. The van der Waals surface area contributed by atoms with Crippen LogP contribution in [-0.2, 0) is 14.9 Å². The zero-order chi connectivity index (χ0) is 14.2. The molecule has 3 rings (SSSR count). The Morgan fingerprint density at radius 1 is 1.45 bits per heavy atom. The predicted octanol–water partition coefficient (Wildman–Crippen LogP) is 2.47. The fourth-order valence-electron chi connectivity index (χ4n) is 2.07. The first-order valence-electron chi connectivity index (χ1n) is 6.43. The Hall–Kier alpha value is -2.24. The number of ether oxygens (including phenoxy) is 1. The number of aromatic nitrogens is 2. The fraction of sp³-hybridized carbons (Fsp3) is 0.357. The standard InChI is InChI=1S/C14H13FN2O3/c1-2-19-13(18)14(7-8-14)12-16-11(17-20-12)9-5-3-4-6-10(9)15/h3-6H,2,7-8H2,1H3. The molecule has 0 radical (unpaired) electrons. The molecule has 1 fully saturated rings. The van der Waals surface area contributed by atoms with Gasteiger partial charge < -0.3 is 9.26 Å². The Morgan fingerprint density at radius 3 is 2.85 bits per heavy atom.